The summed E-state index contributed by atoms with van der Waals surface area (Å²) in [6, 6.07) is 17.8. The number of ether oxygens (including phenoxy) is 2. The molecule has 0 fully saturated rings. The molecule has 0 atom stereocenters. The summed E-state index contributed by atoms with van der Waals surface area (Å²) < 4.78 is 38.0. The quantitative estimate of drug-likeness (QED) is 0.373. The first-order valence-corrected chi connectivity index (χ1v) is 12.2. The van der Waals surface area contributed by atoms with Gasteiger partial charge in [-0.05, 0) is 61.9 Å². The molecule has 0 heterocycles. The van der Waals surface area contributed by atoms with E-state index in [0.717, 1.165) is 5.56 Å². The molecule has 0 saturated heterocycles. The molecule has 0 aliphatic rings. The minimum absolute atomic E-state index is 0.0388. The molecule has 0 aromatic heterocycles. The number of sulfonamides is 1. The number of methoxy groups -OCH3 is 1. The van der Waals surface area contributed by atoms with Crippen molar-refractivity contribution < 1.29 is 27.5 Å². The number of hydrogen-bond donors (Lipinski definition) is 3. The number of aryl methyl sites for hydroxylation is 2. The molecule has 0 aliphatic carbocycles. The fourth-order valence-corrected chi connectivity index (χ4v) is 4.18. The van der Waals surface area contributed by atoms with Crippen molar-refractivity contribution in [2.45, 2.75) is 18.7 Å². The molecular formula is C25H27N3O6S. The van der Waals surface area contributed by atoms with Crippen LogP contribution >= 0.6 is 0 Å². The zero-order valence-electron chi connectivity index (χ0n) is 19.6. The van der Waals surface area contributed by atoms with Gasteiger partial charge in [0.1, 0.15) is 6.61 Å². The third-order valence-electron chi connectivity index (χ3n) is 4.96. The van der Waals surface area contributed by atoms with Gasteiger partial charge in [-0.15, -0.1) is 0 Å². The second-order valence-electron chi connectivity index (χ2n) is 7.74. The van der Waals surface area contributed by atoms with Gasteiger partial charge in [0.2, 0.25) is 0 Å². The Morgan fingerprint density at radius 1 is 0.829 bits per heavy atom. The van der Waals surface area contributed by atoms with Crippen LogP contribution in [0.15, 0.2) is 71.6 Å². The number of amides is 2. The van der Waals surface area contributed by atoms with Crippen molar-refractivity contribution in [1.29, 1.82) is 0 Å². The van der Waals surface area contributed by atoms with E-state index in [-0.39, 0.29) is 23.7 Å². The average Bonchev–Trinajstić information content (AvgIpc) is 2.81. The van der Waals surface area contributed by atoms with Crippen LogP contribution < -0.4 is 15.4 Å². The Hall–Kier alpha value is -3.89. The molecule has 3 N–H and O–H groups in total. The number of anilines is 3. The standard InChI is InChI=1S/C25H27N3O6S/c1-17-7-10-19(11-8-17)28-35(31,32)22-12-9-18(2)23(16-22)24(29)26-20-5-4-6-21(15-20)27-25(30)34-14-13-33-3/h4-12,15-16,28H,13-14H2,1-3H3,(H,26,29)(H,27,30). The highest BCUT2D eigenvalue weighted by Gasteiger charge is 2.19. The summed E-state index contributed by atoms with van der Waals surface area (Å²) in [6.07, 6.45) is -0.652. The summed E-state index contributed by atoms with van der Waals surface area (Å²) in [5, 5.41) is 5.30. The maximum absolute atomic E-state index is 13.0. The van der Waals surface area contributed by atoms with Gasteiger partial charge in [-0.25, -0.2) is 13.2 Å². The monoisotopic (exact) mass is 497 g/mol. The van der Waals surface area contributed by atoms with Crippen LogP contribution in [0.1, 0.15) is 21.5 Å². The van der Waals surface area contributed by atoms with Gasteiger partial charge in [0.25, 0.3) is 15.9 Å². The maximum Gasteiger partial charge on any atom is 0.411 e. The van der Waals surface area contributed by atoms with E-state index >= 15 is 0 Å². The number of benzene rings is 3. The highest BCUT2D eigenvalue weighted by atomic mass is 32.2. The lowest BCUT2D eigenvalue weighted by Gasteiger charge is -2.13. The minimum Gasteiger partial charge on any atom is -0.447 e. The van der Waals surface area contributed by atoms with E-state index in [4.69, 9.17) is 9.47 Å². The summed E-state index contributed by atoms with van der Waals surface area (Å²) in [5.74, 6) is -0.491. The van der Waals surface area contributed by atoms with Crippen LogP contribution in [0, 0.1) is 13.8 Å². The predicted molar refractivity (Wildman–Crippen MR) is 134 cm³/mol. The number of rotatable bonds is 9. The number of nitrogens with one attached hydrogen (secondary N) is 3. The Balaban J connectivity index is 1.74. The third kappa shape index (κ3) is 7.29. The molecule has 3 rings (SSSR count). The molecule has 184 valence electrons. The fourth-order valence-electron chi connectivity index (χ4n) is 3.09. The molecule has 0 unspecified atom stereocenters. The minimum atomic E-state index is -3.90. The van der Waals surface area contributed by atoms with Crippen LogP contribution in [0.5, 0.6) is 0 Å². The van der Waals surface area contributed by atoms with Crippen molar-refractivity contribution in [2.24, 2.45) is 0 Å². The van der Waals surface area contributed by atoms with E-state index in [1.54, 1.807) is 61.5 Å². The van der Waals surface area contributed by atoms with Gasteiger partial charge in [0.15, 0.2) is 0 Å². The van der Waals surface area contributed by atoms with E-state index in [1.807, 2.05) is 6.92 Å². The smallest absolute Gasteiger partial charge is 0.411 e. The van der Waals surface area contributed by atoms with Crippen LogP contribution in [0.3, 0.4) is 0 Å². The first-order chi connectivity index (χ1) is 16.7. The molecule has 0 bridgehead atoms. The molecule has 0 saturated carbocycles. The molecule has 35 heavy (non-hydrogen) atoms. The molecule has 3 aromatic carbocycles. The van der Waals surface area contributed by atoms with Gasteiger partial charge in [0, 0.05) is 29.7 Å². The van der Waals surface area contributed by atoms with Crippen molar-refractivity contribution in [1.82, 2.24) is 0 Å². The Kier molecular flexibility index (Phi) is 8.45. The highest BCUT2D eigenvalue weighted by molar-refractivity contribution is 7.92. The van der Waals surface area contributed by atoms with Gasteiger partial charge in [-0.2, -0.15) is 0 Å². The molecule has 0 radical (unpaired) electrons. The molecule has 3 aromatic rings. The Bertz CT molecular complexity index is 1310. The third-order valence-corrected chi connectivity index (χ3v) is 6.33. The van der Waals surface area contributed by atoms with E-state index in [2.05, 4.69) is 15.4 Å². The zero-order valence-corrected chi connectivity index (χ0v) is 20.4. The first kappa shape index (κ1) is 25.7. The van der Waals surface area contributed by atoms with E-state index in [0.29, 0.717) is 22.6 Å². The lowest BCUT2D eigenvalue weighted by Crippen LogP contribution is -2.18. The van der Waals surface area contributed by atoms with Crippen LogP contribution in [0.25, 0.3) is 0 Å². The first-order valence-electron chi connectivity index (χ1n) is 10.7. The van der Waals surface area contributed by atoms with Crippen molar-refractivity contribution >= 4 is 39.1 Å². The SMILES string of the molecule is COCCOC(=O)Nc1cccc(NC(=O)c2cc(S(=O)(=O)Nc3ccc(C)cc3)ccc2C)c1. The van der Waals surface area contributed by atoms with Crippen LogP contribution in [-0.4, -0.2) is 40.7 Å². The topological polar surface area (TPSA) is 123 Å². The summed E-state index contributed by atoms with van der Waals surface area (Å²) >= 11 is 0. The van der Waals surface area contributed by atoms with Crippen molar-refractivity contribution in [3.8, 4) is 0 Å². The zero-order chi connectivity index (χ0) is 25.4. The van der Waals surface area contributed by atoms with Gasteiger partial charge < -0.3 is 14.8 Å². The highest BCUT2D eigenvalue weighted by Crippen LogP contribution is 2.22. The Morgan fingerprint density at radius 3 is 2.20 bits per heavy atom. The lowest BCUT2D eigenvalue weighted by molar-refractivity contribution is 0.102. The second-order valence-corrected chi connectivity index (χ2v) is 9.42. The number of hydrogen-bond acceptors (Lipinski definition) is 6. The van der Waals surface area contributed by atoms with E-state index in [1.165, 1.54) is 19.2 Å². The summed E-state index contributed by atoms with van der Waals surface area (Å²) in [5.41, 5.74) is 3.06. The predicted octanol–water partition coefficient (Wildman–Crippen LogP) is 4.55. The molecule has 0 aliphatic heterocycles. The van der Waals surface area contributed by atoms with Crippen molar-refractivity contribution in [3.63, 3.8) is 0 Å². The second kappa shape index (κ2) is 11.5. The molecular weight excluding hydrogens is 470 g/mol. The lowest BCUT2D eigenvalue weighted by atomic mass is 10.1. The van der Waals surface area contributed by atoms with E-state index < -0.39 is 22.0 Å². The van der Waals surface area contributed by atoms with Crippen molar-refractivity contribution in [2.75, 3.05) is 35.7 Å². The molecule has 10 heteroatoms. The van der Waals surface area contributed by atoms with Gasteiger partial charge in [0.05, 0.1) is 11.5 Å². The summed E-state index contributed by atoms with van der Waals surface area (Å²) in [6.45, 7) is 4.00. The van der Waals surface area contributed by atoms with Crippen molar-refractivity contribution in [3.05, 3.63) is 83.4 Å². The number of carbonyl (C=O) groups excluding carboxylic acids is 2. The number of carbonyl (C=O) groups is 2. The Labute approximate surface area is 204 Å². The maximum atomic E-state index is 13.0. The molecule has 2 amide bonds. The van der Waals surface area contributed by atoms with Crippen LogP contribution in [0.2, 0.25) is 0 Å². The normalized spacial score (nSPS) is 10.9. The molecule has 9 nitrogen and oxygen atoms in total. The van der Waals surface area contributed by atoms with Gasteiger partial charge >= 0.3 is 6.09 Å². The molecule has 0 spiro atoms. The fraction of sp³-hybridized carbons (Fsp3) is 0.200. The largest absolute Gasteiger partial charge is 0.447 e. The summed E-state index contributed by atoms with van der Waals surface area (Å²) in [7, 11) is -2.40. The Morgan fingerprint density at radius 2 is 1.51 bits per heavy atom. The van der Waals surface area contributed by atoms with Crippen LogP contribution in [-0.2, 0) is 19.5 Å². The van der Waals surface area contributed by atoms with Gasteiger partial charge in [-0.1, -0.05) is 29.8 Å². The average molecular weight is 498 g/mol. The van der Waals surface area contributed by atoms with Gasteiger partial charge in [-0.3, -0.25) is 14.8 Å². The van der Waals surface area contributed by atoms with E-state index in [9.17, 15) is 18.0 Å². The summed E-state index contributed by atoms with van der Waals surface area (Å²) in [4.78, 5) is 24.8. The van der Waals surface area contributed by atoms with Crippen LogP contribution in [0.4, 0.5) is 21.9 Å².